The van der Waals surface area contributed by atoms with E-state index < -0.39 is 0 Å². The first-order valence-corrected chi connectivity index (χ1v) is 12.9. The summed E-state index contributed by atoms with van der Waals surface area (Å²) in [5.41, 5.74) is 3.80. The van der Waals surface area contributed by atoms with E-state index in [-0.39, 0.29) is 18.3 Å². The highest BCUT2D eigenvalue weighted by molar-refractivity contribution is 7.13. The predicted octanol–water partition coefficient (Wildman–Crippen LogP) is 6.00. The summed E-state index contributed by atoms with van der Waals surface area (Å²) in [5, 5.41) is 3.03. The van der Waals surface area contributed by atoms with Gasteiger partial charge in [0.2, 0.25) is 0 Å². The summed E-state index contributed by atoms with van der Waals surface area (Å²) < 4.78 is 5.62. The largest absolute Gasteiger partial charge is 0.494 e. The Balaban J connectivity index is 0.00000274. The van der Waals surface area contributed by atoms with Crippen molar-refractivity contribution in [2.45, 2.75) is 38.6 Å². The monoisotopic (exact) mass is 497 g/mol. The molecule has 7 heteroatoms. The van der Waals surface area contributed by atoms with Gasteiger partial charge in [-0.25, -0.2) is 4.98 Å². The number of hydrogen-bond donors (Lipinski definition) is 0. The van der Waals surface area contributed by atoms with Crippen LogP contribution in [0.4, 0.5) is 0 Å². The van der Waals surface area contributed by atoms with E-state index in [4.69, 9.17) is 9.72 Å². The Morgan fingerprint density at radius 1 is 1.06 bits per heavy atom. The molecule has 0 spiro atoms. The smallest absolute Gasteiger partial charge is 0.254 e. The zero-order valence-electron chi connectivity index (χ0n) is 19.6. The van der Waals surface area contributed by atoms with Gasteiger partial charge in [-0.3, -0.25) is 4.79 Å². The van der Waals surface area contributed by atoms with E-state index in [2.05, 4.69) is 21.2 Å². The van der Waals surface area contributed by atoms with Crippen molar-refractivity contribution in [3.8, 4) is 27.6 Å². The molecule has 5 rings (SSSR count). The third-order valence-electron chi connectivity index (χ3n) is 6.63. The number of likely N-dealkylation sites (tertiary alicyclic amines) is 2. The molecule has 2 aromatic carbocycles. The molecule has 0 bridgehead atoms. The normalized spacial score (nSPS) is 18.1. The van der Waals surface area contributed by atoms with Gasteiger partial charge in [-0.15, -0.1) is 23.7 Å². The molecule has 2 aliphatic rings. The molecule has 3 aromatic rings. The molecule has 1 amide bonds. The average Bonchev–Trinajstić information content (AvgIpc) is 3.62. The zero-order valence-corrected chi connectivity index (χ0v) is 21.2. The van der Waals surface area contributed by atoms with Gasteiger partial charge >= 0.3 is 0 Å². The van der Waals surface area contributed by atoms with Crippen molar-refractivity contribution >= 4 is 29.7 Å². The van der Waals surface area contributed by atoms with Crippen molar-refractivity contribution in [3.05, 3.63) is 59.5 Å². The summed E-state index contributed by atoms with van der Waals surface area (Å²) in [6.45, 7) is 6.89. The average molecular weight is 498 g/mol. The number of halogens is 1. The molecular formula is C27H32ClN3O2S. The van der Waals surface area contributed by atoms with Gasteiger partial charge in [0.05, 0.1) is 12.3 Å². The van der Waals surface area contributed by atoms with Gasteiger partial charge in [-0.05, 0) is 70.0 Å². The lowest BCUT2D eigenvalue weighted by atomic mass is 10.1. The van der Waals surface area contributed by atoms with Crippen molar-refractivity contribution in [1.82, 2.24) is 14.8 Å². The first kappa shape index (κ1) is 24.7. The molecule has 0 radical (unpaired) electrons. The maximum Gasteiger partial charge on any atom is 0.254 e. The summed E-state index contributed by atoms with van der Waals surface area (Å²) in [7, 11) is 0. The number of hydrogen-bond acceptors (Lipinski definition) is 5. The summed E-state index contributed by atoms with van der Waals surface area (Å²) in [6, 6.07) is 16.4. The third kappa shape index (κ3) is 5.45. The van der Waals surface area contributed by atoms with Crippen molar-refractivity contribution in [2.24, 2.45) is 0 Å². The Labute approximate surface area is 212 Å². The number of carbonyl (C=O) groups is 1. The highest BCUT2D eigenvalue weighted by Crippen LogP contribution is 2.31. The zero-order chi connectivity index (χ0) is 22.6. The minimum Gasteiger partial charge on any atom is -0.494 e. The number of rotatable bonds is 7. The van der Waals surface area contributed by atoms with E-state index in [1.54, 1.807) is 11.3 Å². The fourth-order valence-electron chi connectivity index (χ4n) is 4.93. The van der Waals surface area contributed by atoms with Crippen LogP contribution in [-0.2, 0) is 0 Å². The van der Waals surface area contributed by atoms with Crippen LogP contribution in [0.2, 0.25) is 0 Å². The topological polar surface area (TPSA) is 45.7 Å². The van der Waals surface area contributed by atoms with E-state index >= 15 is 0 Å². The number of ether oxygens (including phenoxy) is 1. The van der Waals surface area contributed by atoms with Crippen LogP contribution in [0.15, 0.2) is 53.9 Å². The number of aromatic nitrogens is 1. The minimum atomic E-state index is 0. The van der Waals surface area contributed by atoms with E-state index in [0.717, 1.165) is 59.1 Å². The van der Waals surface area contributed by atoms with Crippen LogP contribution < -0.4 is 4.74 Å². The summed E-state index contributed by atoms with van der Waals surface area (Å²) in [6.07, 6.45) is 4.80. The standard InChI is InChI=1S/C27H31N3O2S.ClH/c1-2-32-24-9-5-7-22(17-24)25-19-33-26(28-25)20-10-12-21(13-11-20)27(31)30-16-6-8-23(30)18-29-14-3-4-15-29;/h5,7,9-13,17,19,23H,2-4,6,8,14-16,18H2,1H3;1H/t23-;/m0./s1. The van der Waals surface area contributed by atoms with Crippen LogP contribution in [0.25, 0.3) is 21.8 Å². The van der Waals surface area contributed by atoms with E-state index in [1.165, 1.54) is 25.9 Å². The van der Waals surface area contributed by atoms with Crippen molar-refractivity contribution < 1.29 is 9.53 Å². The Morgan fingerprint density at radius 3 is 2.62 bits per heavy atom. The Kier molecular flexibility index (Phi) is 8.24. The van der Waals surface area contributed by atoms with E-state index in [9.17, 15) is 4.79 Å². The summed E-state index contributed by atoms with van der Waals surface area (Å²) in [5.74, 6) is 1.02. The fraction of sp³-hybridized carbons (Fsp3) is 0.407. The van der Waals surface area contributed by atoms with Gasteiger partial charge in [0, 0.05) is 41.2 Å². The SMILES string of the molecule is CCOc1cccc(-c2csc(-c3ccc(C(=O)N4CCC[C@H]4CN4CCCC4)cc3)n2)c1.Cl. The molecule has 2 aliphatic heterocycles. The summed E-state index contributed by atoms with van der Waals surface area (Å²) in [4.78, 5) is 22.7. The molecule has 0 N–H and O–H groups in total. The van der Waals surface area contributed by atoms with Crippen molar-refractivity contribution in [1.29, 1.82) is 0 Å². The van der Waals surface area contributed by atoms with Crippen LogP contribution in [0.5, 0.6) is 5.75 Å². The lowest BCUT2D eigenvalue weighted by Gasteiger charge is -2.28. The lowest BCUT2D eigenvalue weighted by Crippen LogP contribution is -2.42. The minimum absolute atomic E-state index is 0. The predicted molar refractivity (Wildman–Crippen MR) is 141 cm³/mol. The molecule has 0 unspecified atom stereocenters. The van der Waals surface area contributed by atoms with Crippen LogP contribution >= 0.6 is 23.7 Å². The molecule has 1 atom stereocenters. The molecule has 1 aromatic heterocycles. The molecule has 2 saturated heterocycles. The van der Waals surface area contributed by atoms with Gasteiger partial charge in [-0.2, -0.15) is 0 Å². The molecule has 0 saturated carbocycles. The first-order chi connectivity index (χ1) is 16.2. The highest BCUT2D eigenvalue weighted by Gasteiger charge is 2.31. The number of amides is 1. The second-order valence-electron chi connectivity index (χ2n) is 8.88. The molecule has 180 valence electrons. The molecule has 34 heavy (non-hydrogen) atoms. The number of benzene rings is 2. The second-order valence-corrected chi connectivity index (χ2v) is 9.74. The van der Waals surface area contributed by atoms with Crippen LogP contribution in [0.1, 0.15) is 43.0 Å². The van der Waals surface area contributed by atoms with Crippen molar-refractivity contribution in [3.63, 3.8) is 0 Å². The van der Waals surface area contributed by atoms with E-state index in [1.807, 2.05) is 49.4 Å². The maximum absolute atomic E-state index is 13.2. The van der Waals surface area contributed by atoms with Gasteiger partial charge in [-0.1, -0.05) is 24.3 Å². The summed E-state index contributed by atoms with van der Waals surface area (Å²) >= 11 is 1.62. The Bertz CT molecular complexity index is 1100. The van der Waals surface area contributed by atoms with Crippen LogP contribution in [-0.4, -0.2) is 59.5 Å². The second kappa shape index (κ2) is 11.3. The molecule has 5 nitrogen and oxygen atoms in total. The van der Waals surface area contributed by atoms with Gasteiger partial charge < -0.3 is 14.5 Å². The first-order valence-electron chi connectivity index (χ1n) is 12.0. The fourth-order valence-corrected chi connectivity index (χ4v) is 5.76. The third-order valence-corrected chi connectivity index (χ3v) is 7.52. The number of nitrogens with zero attached hydrogens (tertiary/aromatic N) is 3. The molecule has 2 fully saturated rings. The van der Waals surface area contributed by atoms with Crippen LogP contribution in [0.3, 0.4) is 0 Å². The quantitative estimate of drug-likeness (QED) is 0.401. The Morgan fingerprint density at radius 2 is 1.85 bits per heavy atom. The maximum atomic E-state index is 13.2. The van der Waals surface area contributed by atoms with Crippen molar-refractivity contribution in [2.75, 3.05) is 32.8 Å². The molecular weight excluding hydrogens is 466 g/mol. The van der Waals surface area contributed by atoms with Gasteiger partial charge in [0.15, 0.2) is 0 Å². The van der Waals surface area contributed by atoms with Crippen LogP contribution in [0, 0.1) is 0 Å². The Hall–Kier alpha value is -2.41. The molecule has 0 aliphatic carbocycles. The number of thiazole rings is 1. The van der Waals surface area contributed by atoms with Gasteiger partial charge in [0.1, 0.15) is 10.8 Å². The number of carbonyl (C=O) groups excluding carboxylic acids is 1. The van der Waals surface area contributed by atoms with Gasteiger partial charge in [0.25, 0.3) is 5.91 Å². The lowest BCUT2D eigenvalue weighted by molar-refractivity contribution is 0.0709. The van der Waals surface area contributed by atoms with E-state index in [0.29, 0.717) is 12.6 Å². The molecule has 3 heterocycles. The highest BCUT2D eigenvalue weighted by atomic mass is 35.5.